The van der Waals surface area contributed by atoms with Gasteiger partial charge in [0.25, 0.3) is 0 Å². The van der Waals surface area contributed by atoms with Gasteiger partial charge in [-0.05, 0) is 37.5 Å². The van der Waals surface area contributed by atoms with Gasteiger partial charge in [0.1, 0.15) is 11.6 Å². The average molecular weight is 318 g/mol. The van der Waals surface area contributed by atoms with Crippen LogP contribution in [0.1, 0.15) is 37.5 Å². The van der Waals surface area contributed by atoms with Crippen LogP contribution in [0.5, 0.6) is 0 Å². The molecule has 1 aliphatic heterocycles. The smallest absolute Gasteiger partial charge is 0.408 e. The van der Waals surface area contributed by atoms with E-state index >= 15 is 0 Å². The standard InChI is InChI=1S/C17H22N2O4/c1-17(2,3)23-16(21)19-14(15(20)22-4)8-11-5-6-12-9-18-10-13(12)7-11/h5-7,9,14H,8,10H2,1-4H3,(H,19,21). The molecule has 2 rings (SSSR count). The quantitative estimate of drug-likeness (QED) is 0.864. The van der Waals surface area contributed by atoms with Gasteiger partial charge < -0.3 is 14.8 Å². The van der Waals surface area contributed by atoms with E-state index in [-0.39, 0.29) is 0 Å². The summed E-state index contributed by atoms with van der Waals surface area (Å²) >= 11 is 0. The first kappa shape index (κ1) is 17.0. The van der Waals surface area contributed by atoms with Gasteiger partial charge in [0, 0.05) is 12.6 Å². The van der Waals surface area contributed by atoms with E-state index < -0.39 is 23.7 Å². The van der Waals surface area contributed by atoms with Gasteiger partial charge in [-0.2, -0.15) is 0 Å². The van der Waals surface area contributed by atoms with Crippen molar-refractivity contribution < 1.29 is 19.1 Å². The Morgan fingerprint density at radius 1 is 1.35 bits per heavy atom. The van der Waals surface area contributed by atoms with Crippen LogP contribution in [0.15, 0.2) is 23.2 Å². The highest BCUT2D eigenvalue weighted by molar-refractivity contribution is 5.85. The van der Waals surface area contributed by atoms with Gasteiger partial charge in [-0.3, -0.25) is 4.99 Å². The Kier molecular flexibility index (Phi) is 5.03. The molecule has 0 radical (unpaired) electrons. The number of ether oxygens (including phenoxy) is 2. The highest BCUT2D eigenvalue weighted by Crippen LogP contribution is 2.18. The average Bonchev–Trinajstić information content (AvgIpc) is 2.91. The second-order valence-corrected chi connectivity index (χ2v) is 6.43. The molecule has 6 nitrogen and oxygen atoms in total. The molecule has 1 unspecified atom stereocenters. The van der Waals surface area contributed by atoms with Crippen LogP contribution >= 0.6 is 0 Å². The van der Waals surface area contributed by atoms with Crippen LogP contribution in [-0.2, 0) is 27.2 Å². The van der Waals surface area contributed by atoms with Crippen molar-refractivity contribution in [3.05, 3.63) is 34.9 Å². The number of carbonyl (C=O) groups is 2. The van der Waals surface area contributed by atoms with Crippen molar-refractivity contribution in [2.24, 2.45) is 4.99 Å². The topological polar surface area (TPSA) is 77.0 Å². The van der Waals surface area contributed by atoms with E-state index in [0.29, 0.717) is 13.0 Å². The molecule has 1 aliphatic rings. The predicted octanol–water partition coefficient (Wildman–Crippen LogP) is 2.23. The molecular formula is C17H22N2O4. The summed E-state index contributed by atoms with van der Waals surface area (Å²) in [6.45, 7) is 5.94. The summed E-state index contributed by atoms with van der Waals surface area (Å²) in [6.07, 6.45) is 1.52. The Labute approximate surface area is 135 Å². The van der Waals surface area contributed by atoms with E-state index in [0.717, 1.165) is 16.7 Å². The third-order valence-corrected chi connectivity index (χ3v) is 3.32. The summed E-state index contributed by atoms with van der Waals surface area (Å²) in [5.74, 6) is -0.507. The van der Waals surface area contributed by atoms with Crippen LogP contribution in [0.25, 0.3) is 0 Å². The molecule has 1 N–H and O–H groups in total. The summed E-state index contributed by atoms with van der Waals surface area (Å²) in [6, 6.07) is 5.08. The summed E-state index contributed by atoms with van der Waals surface area (Å²) in [4.78, 5) is 28.0. The second kappa shape index (κ2) is 6.81. The lowest BCUT2D eigenvalue weighted by Gasteiger charge is -2.22. The fraction of sp³-hybridized carbons (Fsp3) is 0.471. The first-order valence-corrected chi connectivity index (χ1v) is 7.47. The lowest BCUT2D eigenvalue weighted by molar-refractivity contribution is -0.143. The maximum absolute atomic E-state index is 11.9. The van der Waals surface area contributed by atoms with Gasteiger partial charge in [0.05, 0.1) is 13.7 Å². The number of hydrogen-bond donors (Lipinski definition) is 1. The lowest BCUT2D eigenvalue weighted by Crippen LogP contribution is -2.45. The fourth-order valence-corrected chi connectivity index (χ4v) is 2.31. The van der Waals surface area contributed by atoms with Crippen molar-refractivity contribution in [1.82, 2.24) is 5.32 Å². The molecular weight excluding hydrogens is 296 g/mol. The van der Waals surface area contributed by atoms with E-state index in [4.69, 9.17) is 9.47 Å². The molecule has 1 amide bonds. The van der Waals surface area contributed by atoms with Gasteiger partial charge in [0.2, 0.25) is 0 Å². The number of benzene rings is 1. The van der Waals surface area contributed by atoms with Crippen LogP contribution in [-0.4, -0.2) is 37.0 Å². The first-order chi connectivity index (χ1) is 10.8. The number of carbonyl (C=O) groups excluding carboxylic acids is 2. The van der Waals surface area contributed by atoms with Gasteiger partial charge in [-0.25, -0.2) is 9.59 Å². The fourth-order valence-electron chi connectivity index (χ4n) is 2.31. The Morgan fingerprint density at radius 2 is 2.09 bits per heavy atom. The number of rotatable bonds is 4. The minimum absolute atomic E-state index is 0.333. The molecule has 6 heteroatoms. The second-order valence-electron chi connectivity index (χ2n) is 6.43. The minimum Gasteiger partial charge on any atom is -0.467 e. The molecule has 0 fully saturated rings. The third kappa shape index (κ3) is 4.81. The Bertz CT molecular complexity index is 632. The van der Waals surface area contributed by atoms with E-state index in [2.05, 4.69) is 10.3 Å². The first-order valence-electron chi connectivity index (χ1n) is 7.47. The van der Waals surface area contributed by atoms with E-state index in [1.807, 2.05) is 24.4 Å². The normalized spacial score (nSPS) is 14.1. The SMILES string of the molecule is COC(=O)C(Cc1ccc2c(c1)CN=C2)NC(=O)OC(C)(C)C. The number of methoxy groups -OCH3 is 1. The molecule has 1 heterocycles. The summed E-state index contributed by atoms with van der Waals surface area (Å²) in [5, 5.41) is 2.57. The maximum atomic E-state index is 11.9. The summed E-state index contributed by atoms with van der Waals surface area (Å²) in [7, 11) is 1.29. The molecule has 0 saturated heterocycles. The largest absolute Gasteiger partial charge is 0.467 e. The molecule has 1 aromatic carbocycles. The molecule has 0 spiro atoms. The molecule has 0 saturated carbocycles. The van der Waals surface area contributed by atoms with Gasteiger partial charge >= 0.3 is 12.1 Å². The number of hydrogen-bond acceptors (Lipinski definition) is 5. The zero-order valence-electron chi connectivity index (χ0n) is 13.9. The molecule has 23 heavy (non-hydrogen) atoms. The highest BCUT2D eigenvalue weighted by Gasteiger charge is 2.25. The molecule has 0 bridgehead atoms. The molecule has 0 aromatic heterocycles. The van der Waals surface area contributed by atoms with Crippen molar-refractivity contribution in [3.8, 4) is 0 Å². The number of esters is 1. The van der Waals surface area contributed by atoms with Crippen molar-refractivity contribution in [2.45, 2.75) is 45.4 Å². The maximum Gasteiger partial charge on any atom is 0.408 e. The Morgan fingerprint density at radius 3 is 2.74 bits per heavy atom. The number of aliphatic imine (C=N–C) groups is 1. The molecule has 0 aliphatic carbocycles. The Balaban J connectivity index is 2.07. The van der Waals surface area contributed by atoms with Gasteiger partial charge in [-0.1, -0.05) is 18.2 Å². The number of nitrogens with one attached hydrogen (secondary N) is 1. The van der Waals surface area contributed by atoms with Crippen molar-refractivity contribution in [1.29, 1.82) is 0 Å². The molecule has 1 atom stereocenters. The minimum atomic E-state index is -0.796. The number of alkyl carbamates (subject to hydrolysis) is 1. The van der Waals surface area contributed by atoms with Crippen molar-refractivity contribution in [3.63, 3.8) is 0 Å². The highest BCUT2D eigenvalue weighted by atomic mass is 16.6. The van der Waals surface area contributed by atoms with E-state index in [9.17, 15) is 9.59 Å². The van der Waals surface area contributed by atoms with E-state index in [1.165, 1.54) is 7.11 Å². The van der Waals surface area contributed by atoms with Crippen LogP contribution in [0, 0.1) is 0 Å². The van der Waals surface area contributed by atoms with Crippen LogP contribution in [0.3, 0.4) is 0 Å². The zero-order valence-corrected chi connectivity index (χ0v) is 13.9. The summed E-state index contributed by atoms with van der Waals surface area (Å²) < 4.78 is 9.97. The van der Waals surface area contributed by atoms with Gasteiger partial charge in [0.15, 0.2) is 0 Å². The lowest BCUT2D eigenvalue weighted by atomic mass is 10.0. The van der Waals surface area contributed by atoms with E-state index in [1.54, 1.807) is 20.8 Å². The van der Waals surface area contributed by atoms with Gasteiger partial charge in [-0.15, -0.1) is 0 Å². The number of fused-ring (bicyclic) bond motifs is 1. The third-order valence-electron chi connectivity index (χ3n) is 3.32. The molecule has 124 valence electrons. The molecule has 1 aromatic rings. The Hall–Kier alpha value is -2.37. The number of amides is 1. The van der Waals surface area contributed by atoms with Crippen molar-refractivity contribution >= 4 is 18.3 Å². The van der Waals surface area contributed by atoms with Crippen molar-refractivity contribution in [2.75, 3.05) is 7.11 Å². The zero-order chi connectivity index (χ0) is 17.0. The van der Waals surface area contributed by atoms with Crippen LogP contribution in [0.2, 0.25) is 0 Å². The van der Waals surface area contributed by atoms with Crippen LogP contribution in [0.4, 0.5) is 4.79 Å². The van der Waals surface area contributed by atoms with Crippen LogP contribution < -0.4 is 5.32 Å². The predicted molar refractivity (Wildman–Crippen MR) is 86.6 cm³/mol. The monoisotopic (exact) mass is 318 g/mol. The number of nitrogens with zero attached hydrogens (tertiary/aromatic N) is 1. The summed E-state index contributed by atoms with van der Waals surface area (Å²) in [5.41, 5.74) is 2.50.